The Morgan fingerprint density at radius 2 is 1.53 bits per heavy atom. The van der Waals surface area contributed by atoms with Gasteiger partial charge in [0.05, 0.1) is 0 Å². The van der Waals surface area contributed by atoms with Gasteiger partial charge in [-0.05, 0) is 35.4 Å². The maximum Gasteiger partial charge on any atom is 0.301 e. The number of ether oxygens (including phenoxy) is 1. The Hall–Kier alpha value is -3.10. The molecule has 0 bridgehead atoms. The average Bonchev–Trinajstić information content (AvgIpc) is 2.66. The summed E-state index contributed by atoms with van der Waals surface area (Å²) in [6, 6.07) is 9.96. The van der Waals surface area contributed by atoms with Gasteiger partial charge in [-0.25, -0.2) is 0 Å². The fourth-order valence-corrected chi connectivity index (χ4v) is 3.89. The van der Waals surface area contributed by atoms with Crippen molar-refractivity contribution in [3.63, 3.8) is 0 Å². The molecule has 172 valence electrons. The second-order valence-electron chi connectivity index (χ2n) is 6.44. The summed E-state index contributed by atoms with van der Waals surface area (Å²) in [4.78, 5) is 22.7. The van der Waals surface area contributed by atoms with E-state index in [9.17, 15) is 31.0 Å². The minimum absolute atomic E-state index is 0.162. The van der Waals surface area contributed by atoms with Crippen LogP contribution in [0.5, 0.6) is 0 Å². The van der Waals surface area contributed by atoms with Crippen molar-refractivity contribution in [3.8, 4) is 0 Å². The van der Waals surface area contributed by atoms with Crippen molar-refractivity contribution in [2.45, 2.75) is 17.3 Å². The first-order valence-electron chi connectivity index (χ1n) is 8.78. The van der Waals surface area contributed by atoms with E-state index < -0.39 is 42.4 Å². The zero-order valence-corrected chi connectivity index (χ0v) is 18.5. The molecule has 0 heterocycles. The predicted octanol–water partition coefficient (Wildman–Crippen LogP) is 1.86. The zero-order chi connectivity index (χ0) is 24.1. The Kier molecular flexibility index (Phi) is 7.87. The van der Waals surface area contributed by atoms with E-state index in [1.54, 1.807) is 12.1 Å². The van der Waals surface area contributed by atoms with Crippen molar-refractivity contribution in [2.24, 2.45) is 0 Å². The van der Waals surface area contributed by atoms with E-state index in [0.717, 1.165) is 13.2 Å². The molecule has 1 atom stereocenters. The Balaban J connectivity index is 2.23. The van der Waals surface area contributed by atoms with Gasteiger partial charge in [0.2, 0.25) is 5.91 Å². The summed E-state index contributed by atoms with van der Waals surface area (Å²) in [7, 11) is -8.36. The van der Waals surface area contributed by atoms with E-state index in [1.807, 2.05) is 0 Å². The lowest BCUT2D eigenvalue weighted by molar-refractivity contribution is -0.121. The molecule has 0 saturated carbocycles. The van der Waals surface area contributed by atoms with Crippen LogP contribution in [0, 0.1) is 0 Å². The molecule has 4 N–H and O–H groups in total. The highest BCUT2D eigenvalue weighted by molar-refractivity contribution is 7.87. The van der Waals surface area contributed by atoms with Crippen LogP contribution in [0.25, 0.3) is 12.2 Å². The Morgan fingerprint density at radius 1 is 0.938 bits per heavy atom. The van der Waals surface area contributed by atoms with Gasteiger partial charge >= 0.3 is 10.1 Å². The SMILES string of the molecule is COC(C(=O)Nc1ccc(/C=C/c2ccc(NC(C)=O)cc2S(=O)(=O)O)cc1)S(=O)(=O)O. The number of carbonyl (C=O) groups excluding carboxylic acids is 2. The van der Waals surface area contributed by atoms with Crippen LogP contribution < -0.4 is 10.6 Å². The number of amides is 2. The molecule has 0 aliphatic carbocycles. The molecular formula is C19H20N2O9S2. The third kappa shape index (κ3) is 6.96. The van der Waals surface area contributed by atoms with Crippen LogP contribution in [0.1, 0.15) is 18.1 Å². The molecule has 0 radical (unpaired) electrons. The van der Waals surface area contributed by atoms with E-state index in [-0.39, 0.29) is 16.9 Å². The van der Waals surface area contributed by atoms with Crippen molar-refractivity contribution >= 4 is 55.6 Å². The molecule has 32 heavy (non-hydrogen) atoms. The number of hydrogen-bond acceptors (Lipinski definition) is 7. The highest BCUT2D eigenvalue weighted by atomic mass is 32.2. The number of methoxy groups -OCH3 is 1. The van der Waals surface area contributed by atoms with Crippen LogP contribution in [0.15, 0.2) is 47.4 Å². The molecule has 0 saturated heterocycles. The standard InChI is InChI=1S/C19H20N2O9S2/c1-12(22)20-16-10-7-14(17(11-16)31(24,25)26)6-3-13-4-8-15(9-5-13)21-18(23)19(30-2)32(27,28)29/h3-11,19H,1-2H3,(H,20,22)(H,21,23)(H,24,25,26)(H,27,28,29)/b6-3+. The fraction of sp³-hybridized carbons (Fsp3) is 0.158. The number of carbonyl (C=O) groups is 2. The largest absolute Gasteiger partial charge is 0.355 e. The fourth-order valence-electron chi connectivity index (χ4n) is 2.61. The Labute approximate surface area is 184 Å². The van der Waals surface area contributed by atoms with Crippen LogP contribution in [0.2, 0.25) is 0 Å². The highest BCUT2D eigenvalue weighted by Crippen LogP contribution is 2.23. The third-order valence-corrected chi connectivity index (χ3v) is 5.80. The lowest BCUT2D eigenvalue weighted by Gasteiger charge is -2.12. The van der Waals surface area contributed by atoms with Gasteiger partial charge in [0.25, 0.3) is 21.5 Å². The van der Waals surface area contributed by atoms with Crippen LogP contribution in [-0.4, -0.2) is 50.3 Å². The topological polar surface area (TPSA) is 176 Å². The monoisotopic (exact) mass is 484 g/mol. The molecule has 2 aromatic carbocycles. The maximum absolute atomic E-state index is 11.9. The minimum Gasteiger partial charge on any atom is -0.355 e. The lowest BCUT2D eigenvalue weighted by atomic mass is 10.1. The molecule has 0 aliphatic rings. The summed E-state index contributed by atoms with van der Waals surface area (Å²) in [5.74, 6) is -1.49. The minimum atomic E-state index is -4.75. The van der Waals surface area contributed by atoms with Crippen molar-refractivity contribution in [1.82, 2.24) is 0 Å². The average molecular weight is 485 g/mol. The first kappa shape index (κ1) is 25.2. The first-order valence-corrected chi connectivity index (χ1v) is 11.7. The number of nitrogens with one attached hydrogen (secondary N) is 2. The molecule has 0 spiro atoms. The summed E-state index contributed by atoms with van der Waals surface area (Å²) in [5.41, 5.74) is -0.928. The van der Waals surface area contributed by atoms with Crippen LogP contribution in [0.3, 0.4) is 0 Å². The van der Waals surface area contributed by atoms with E-state index >= 15 is 0 Å². The third-order valence-electron chi connectivity index (χ3n) is 3.94. The Morgan fingerprint density at radius 3 is 2.03 bits per heavy atom. The highest BCUT2D eigenvalue weighted by Gasteiger charge is 2.30. The molecule has 2 rings (SSSR count). The van der Waals surface area contributed by atoms with Crippen molar-refractivity contribution in [1.29, 1.82) is 0 Å². The van der Waals surface area contributed by atoms with E-state index in [0.29, 0.717) is 5.56 Å². The molecule has 2 aromatic rings. The van der Waals surface area contributed by atoms with Gasteiger partial charge < -0.3 is 15.4 Å². The van der Waals surface area contributed by atoms with Gasteiger partial charge in [-0.15, -0.1) is 0 Å². The van der Waals surface area contributed by atoms with Gasteiger partial charge in [0.1, 0.15) is 4.90 Å². The molecule has 0 aliphatic heterocycles. The van der Waals surface area contributed by atoms with Crippen molar-refractivity contribution in [2.75, 3.05) is 17.7 Å². The maximum atomic E-state index is 11.9. The predicted molar refractivity (Wildman–Crippen MR) is 117 cm³/mol. The van der Waals surface area contributed by atoms with Crippen LogP contribution in [-0.2, 0) is 34.6 Å². The molecular weight excluding hydrogens is 464 g/mol. The number of rotatable bonds is 8. The number of benzene rings is 2. The smallest absolute Gasteiger partial charge is 0.301 e. The van der Waals surface area contributed by atoms with Crippen molar-refractivity contribution in [3.05, 3.63) is 53.6 Å². The second kappa shape index (κ2) is 10.0. The molecule has 2 amide bonds. The van der Waals surface area contributed by atoms with Gasteiger partial charge in [-0.3, -0.25) is 18.7 Å². The van der Waals surface area contributed by atoms with E-state index in [4.69, 9.17) is 4.55 Å². The molecule has 1 unspecified atom stereocenters. The normalized spacial score (nSPS) is 13.0. The lowest BCUT2D eigenvalue weighted by Crippen LogP contribution is -2.36. The quantitative estimate of drug-likeness (QED) is 0.322. The van der Waals surface area contributed by atoms with Crippen molar-refractivity contribution < 1.29 is 40.3 Å². The van der Waals surface area contributed by atoms with Crippen LogP contribution >= 0.6 is 0 Å². The molecule has 13 heteroatoms. The molecule has 0 fully saturated rings. The molecule has 11 nitrogen and oxygen atoms in total. The van der Waals surface area contributed by atoms with Gasteiger partial charge in [0.15, 0.2) is 0 Å². The summed E-state index contributed by atoms with van der Waals surface area (Å²) in [5, 5.41) is 4.70. The van der Waals surface area contributed by atoms with Gasteiger partial charge in [0, 0.05) is 25.4 Å². The van der Waals surface area contributed by atoms with E-state index in [1.165, 1.54) is 43.3 Å². The number of hydrogen-bond donors (Lipinski definition) is 4. The molecule has 0 aromatic heterocycles. The summed E-state index contributed by atoms with van der Waals surface area (Å²) in [6.45, 7) is 1.26. The summed E-state index contributed by atoms with van der Waals surface area (Å²) < 4.78 is 68.6. The van der Waals surface area contributed by atoms with Gasteiger partial charge in [-0.1, -0.05) is 30.4 Å². The van der Waals surface area contributed by atoms with E-state index in [2.05, 4.69) is 15.4 Å². The summed E-state index contributed by atoms with van der Waals surface area (Å²) >= 11 is 0. The first-order chi connectivity index (χ1) is 14.8. The number of anilines is 2. The van der Waals surface area contributed by atoms with Crippen LogP contribution in [0.4, 0.5) is 11.4 Å². The summed E-state index contributed by atoms with van der Waals surface area (Å²) in [6.07, 6.45) is 2.96. The van der Waals surface area contributed by atoms with Gasteiger partial charge in [-0.2, -0.15) is 16.8 Å². The Bertz CT molecular complexity index is 1250. The second-order valence-corrected chi connectivity index (χ2v) is 9.28. The zero-order valence-electron chi connectivity index (χ0n) is 16.8.